The average molecular weight is 491 g/mol. The summed E-state index contributed by atoms with van der Waals surface area (Å²) in [5.74, 6) is 2.76. The topological polar surface area (TPSA) is 71.3 Å². The number of fused-ring (bicyclic) bond motifs is 1. The number of ether oxygens (including phenoxy) is 4. The standard InChI is InChI=1S/C24H30N2O5S2/c1-6-29-19-13-16(14-20(30-7-2)22(19)31-8-3)23(27)25-24-26(11-12-32-5)18-10-9-17(28-4)15-21(18)33-24/h9-10,13-15H,6-8,11-12H2,1-5H3. The third kappa shape index (κ3) is 5.83. The zero-order valence-corrected chi connectivity index (χ0v) is 21.3. The largest absolute Gasteiger partial charge is 0.497 e. The first kappa shape index (κ1) is 25.0. The molecular weight excluding hydrogens is 460 g/mol. The van der Waals surface area contributed by atoms with Gasteiger partial charge in [-0.1, -0.05) is 11.3 Å². The summed E-state index contributed by atoms with van der Waals surface area (Å²) in [5, 5.41) is 0. The van der Waals surface area contributed by atoms with Gasteiger partial charge in [0.25, 0.3) is 5.91 Å². The van der Waals surface area contributed by atoms with Gasteiger partial charge in [0.1, 0.15) is 5.75 Å². The van der Waals surface area contributed by atoms with Crippen LogP contribution in [0.3, 0.4) is 0 Å². The van der Waals surface area contributed by atoms with Crippen LogP contribution in [0.25, 0.3) is 10.2 Å². The first-order valence-corrected chi connectivity index (χ1v) is 13.1. The summed E-state index contributed by atoms with van der Waals surface area (Å²) in [4.78, 5) is 18.4. The zero-order chi connectivity index (χ0) is 23.8. The van der Waals surface area contributed by atoms with Crippen LogP contribution in [0.4, 0.5) is 0 Å². The molecule has 0 fully saturated rings. The molecule has 9 heteroatoms. The Morgan fingerprint density at radius 2 is 1.70 bits per heavy atom. The number of thiazole rings is 1. The number of benzene rings is 2. The molecule has 1 aromatic heterocycles. The molecule has 2 aromatic carbocycles. The van der Waals surface area contributed by atoms with E-state index in [0.717, 1.165) is 28.3 Å². The van der Waals surface area contributed by atoms with Crippen molar-refractivity contribution in [3.05, 3.63) is 40.7 Å². The summed E-state index contributed by atoms with van der Waals surface area (Å²) in [6.07, 6.45) is 2.06. The number of carbonyl (C=O) groups excluding carboxylic acids is 1. The van der Waals surface area contributed by atoms with E-state index in [1.165, 1.54) is 11.3 Å². The maximum atomic E-state index is 13.3. The second kappa shape index (κ2) is 12.0. The van der Waals surface area contributed by atoms with Crippen molar-refractivity contribution in [3.8, 4) is 23.0 Å². The Morgan fingerprint density at radius 3 is 2.27 bits per heavy atom. The average Bonchev–Trinajstić information content (AvgIpc) is 3.15. The highest BCUT2D eigenvalue weighted by Crippen LogP contribution is 2.39. The monoisotopic (exact) mass is 490 g/mol. The molecule has 0 N–H and O–H groups in total. The molecule has 0 unspecified atom stereocenters. The Bertz CT molecular complexity index is 1140. The van der Waals surface area contributed by atoms with E-state index in [1.807, 2.05) is 39.0 Å². The van der Waals surface area contributed by atoms with Gasteiger partial charge in [0, 0.05) is 17.9 Å². The minimum Gasteiger partial charge on any atom is -0.497 e. The number of rotatable bonds is 11. The van der Waals surface area contributed by atoms with E-state index in [9.17, 15) is 4.79 Å². The second-order valence-corrected chi connectivity index (χ2v) is 8.88. The first-order chi connectivity index (χ1) is 16.1. The Kier molecular flexibility index (Phi) is 9.08. The molecule has 0 spiro atoms. The van der Waals surface area contributed by atoms with Crippen LogP contribution < -0.4 is 23.7 Å². The predicted molar refractivity (Wildman–Crippen MR) is 135 cm³/mol. The van der Waals surface area contributed by atoms with Gasteiger partial charge in [0.2, 0.25) is 5.75 Å². The summed E-state index contributed by atoms with van der Waals surface area (Å²) in [6.45, 7) is 7.74. The fourth-order valence-corrected chi connectivity index (χ4v) is 4.78. The number of amides is 1. The van der Waals surface area contributed by atoms with Gasteiger partial charge in [0.15, 0.2) is 16.3 Å². The van der Waals surface area contributed by atoms with E-state index in [4.69, 9.17) is 18.9 Å². The molecule has 0 saturated heterocycles. The van der Waals surface area contributed by atoms with Crippen LogP contribution in [-0.4, -0.2) is 49.4 Å². The molecule has 178 valence electrons. The Hall–Kier alpha value is -2.65. The van der Waals surface area contributed by atoms with Crippen LogP contribution in [0.1, 0.15) is 31.1 Å². The van der Waals surface area contributed by atoms with E-state index in [2.05, 4.69) is 15.8 Å². The molecular formula is C24H30N2O5S2. The van der Waals surface area contributed by atoms with Gasteiger partial charge >= 0.3 is 0 Å². The molecule has 0 aliphatic heterocycles. The fraction of sp³-hybridized carbons (Fsp3) is 0.417. The Morgan fingerprint density at radius 1 is 1.03 bits per heavy atom. The summed E-state index contributed by atoms with van der Waals surface area (Å²) >= 11 is 3.21. The fourth-order valence-electron chi connectivity index (χ4n) is 3.33. The molecule has 1 heterocycles. The van der Waals surface area contributed by atoms with Crippen molar-refractivity contribution in [2.45, 2.75) is 27.3 Å². The van der Waals surface area contributed by atoms with Crippen molar-refractivity contribution >= 4 is 39.2 Å². The molecule has 0 radical (unpaired) electrons. The second-order valence-electron chi connectivity index (χ2n) is 6.88. The van der Waals surface area contributed by atoms with Crippen LogP contribution in [0.2, 0.25) is 0 Å². The molecule has 1 amide bonds. The number of aromatic nitrogens is 1. The number of thioether (sulfide) groups is 1. The Balaban J connectivity index is 2.12. The molecule has 0 atom stereocenters. The Labute approximate surface area is 202 Å². The van der Waals surface area contributed by atoms with Crippen LogP contribution in [-0.2, 0) is 6.54 Å². The van der Waals surface area contributed by atoms with Gasteiger partial charge in [0.05, 0.1) is 37.1 Å². The number of carbonyl (C=O) groups is 1. The van der Waals surface area contributed by atoms with E-state index in [0.29, 0.717) is 47.4 Å². The lowest BCUT2D eigenvalue weighted by atomic mass is 10.1. The summed E-state index contributed by atoms with van der Waals surface area (Å²) in [5.41, 5.74) is 1.41. The minimum atomic E-state index is -0.364. The van der Waals surface area contributed by atoms with E-state index in [1.54, 1.807) is 31.0 Å². The predicted octanol–water partition coefficient (Wildman–Crippen LogP) is 5.01. The molecule has 33 heavy (non-hydrogen) atoms. The molecule has 0 aliphatic carbocycles. The van der Waals surface area contributed by atoms with E-state index < -0.39 is 0 Å². The minimum absolute atomic E-state index is 0.364. The molecule has 7 nitrogen and oxygen atoms in total. The van der Waals surface area contributed by atoms with Gasteiger partial charge in [-0.3, -0.25) is 4.79 Å². The van der Waals surface area contributed by atoms with Crippen molar-refractivity contribution < 1.29 is 23.7 Å². The van der Waals surface area contributed by atoms with E-state index >= 15 is 0 Å². The lowest BCUT2D eigenvalue weighted by Crippen LogP contribution is -2.18. The highest BCUT2D eigenvalue weighted by molar-refractivity contribution is 7.98. The number of aryl methyl sites for hydroxylation is 1. The van der Waals surface area contributed by atoms with Crippen molar-refractivity contribution in [3.63, 3.8) is 0 Å². The van der Waals surface area contributed by atoms with Crippen LogP contribution in [0.15, 0.2) is 35.3 Å². The van der Waals surface area contributed by atoms with E-state index in [-0.39, 0.29) is 5.91 Å². The highest BCUT2D eigenvalue weighted by Gasteiger charge is 2.19. The summed E-state index contributed by atoms with van der Waals surface area (Å²) < 4.78 is 25.7. The van der Waals surface area contributed by atoms with Gasteiger partial charge in [-0.15, -0.1) is 0 Å². The number of methoxy groups -OCH3 is 1. The van der Waals surface area contributed by atoms with Crippen molar-refractivity contribution in [1.82, 2.24) is 4.57 Å². The lowest BCUT2D eigenvalue weighted by Gasteiger charge is -2.16. The van der Waals surface area contributed by atoms with Crippen LogP contribution in [0.5, 0.6) is 23.0 Å². The maximum absolute atomic E-state index is 13.3. The van der Waals surface area contributed by atoms with Gasteiger partial charge in [-0.2, -0.15) is 16.8 Å². The lowest BCUT2D eigenvalue weighted by molar-refractivity contribution is 0.0996. The van der Waals surface area contributed by atoms with Crippen molar-refractivity contribution in [2.24, 2.45) is 4.99 Å². The van der Waals surface area contributed by atoms with Gasteiger partial charge < -0.3 is 23.5 Å². The number of hydrogen-bond acceptors (Lipinski definition) is 7. The molecule has 0 saturated carbocycles. The zero-order valence-electron chi connectivity index (χ0n) is 19.7. The molecule has 0 aliphatic rings. The quantitative estimate of drug-likeness (QED) is 0.376. The van der Waals surface area contributed by atoms with Crippen LogP contribution >= 0.6 is 23.1 Å². The normalized spacial score (nSPS) is 11.6. The highest BCUT2D eigenvalue weighted by atomic mass is 32.2. The third-order valence-corrected chi connectivity index (χ3v) is 6.39. The first-order valence-electron chi connectivity index (χ1n) is 10.9. The van der Waals surface area contributed by atoms with Crippen LogP contribution in [0, 0.1) is 0 Å². The number of hydrogen-bond donors (Lipinski definition) is 0. The number of nitrogens with zero attached hydrogens (tertiary/aromatic N) is 2. The van der Waals surface area contributed by atoms with Crippen molar-refractivity contribution in [1.29, 1.82) is 0 Å². The molecule has 0 bridgehead atoms. The maximum Gasteiger partial charge on any atom is 0.279 e. The van der Waals surface area contributed by atoms with Crippen molar-refractivity contribution in [2.75, 3.05) is 38.9 Å². The summed E-state index contributed by atoms with van der Waals surface area (Å²) in [6, 6.07) is 9.24. The third-order valence-electron chi connectivity index (χ3n) is 4.76. The van der Waals surface area contributed by atoms with Gasteiger partial charge in [-0.25, -0.2) is 0 Å². The van der Waals surface area contributed by atoms with Gasteiger partial charge in [-0.05, 0) is 57.4 Å². The molecule has 3 rings (SSSR count). The summed E-state index contributed by atoms with van der Waals surface area (Å²) in [7, 11) is 1.64. The smallest absolute Gasteiger partial charge is 0.279 e. The molecule has 3 aromatic rings. The SMILES string of the molecule is CCOc1cc(C(=O)N=c2sc3cc(OC)ccc3n2CCSC)cc(OCC)c1OCC.